The van der Waals surface area contributed by atoms with Crippen molar-refractivity contribution in [2.24, 2.45) is 0 Å². The largest absolute Gasteiger partial charge is 0.490 e. The average molecular weight is 277 g/mol. The molecule has 0 saturated heterocycles. The molecule has 0 atom stereocenters. The van der Waals surface area contributed by atoms with Gasteiger partial charge >= 0.3 is 0 Å². The van der Waals surface area contributed by atoms with Crippen molar-refractivity contribution in [1.82, 2.24) is 5.32 Å². The Kier molecular flexibility index (Phi) is 8.56. The molecule has 3 heteroatoms. The first kappa shape index (κ1) is 16.6. The molecule has 3 nitrogen and oxygen atoms in total. The Bertz CT molecular complexity index is 391. The highest BCUT2D eigenvalue weighted by Gasteiger charge is 2.10. The quantitative estimate of drug-likeness (QED) is 0.491. The van der Waals surface area contributed by atoms with E-state index in [9.17, 15) is 0 Å². The van der Waals surface area contributed by atoms with Crippen LogP contribution < -0.4 is 14.8 Å². The summed E-state index contributed by atoms with van der Waals surface area (Å²) in [6, 6.07) is 6.08. The number of nitrogens with one attached hydrogen (secondary N) is 1. The van der Waals surface area contributed by atoms with Gasteiger partial charge in [-0.2, -0.15) is 0 Å². The van der Waals surface area contributed by atoms with Crippen LogP contribution in [0.5, 0.6) is 11.5 Å². The Morgan fingerprint density at radius 1 is 1.25 bits per heavy atom. The van der Waals surface area contributed by atoms with Crippen LogP contribution in [0.4, 0.5) is 0 Å². The number of para-hydroxylation sites is 1. The molecule has 112 valence electrons. The summed E-state index contributed by atoms with van der Waals surface area (Å²) < 4.78 is 11.6. The summed E-state index contributed by atoms with van der Waals surface area (Å²) in [4.78, 5) is 0. The van der Waals surface area contributed by atoms with Gasteiger partial charge < -0.3 is 14.8 Å². The van der Waals surface area contributed by atoms with Gasteiger partial charge in [0.25, 0.3) is 0 Å². The van der Waals surface area contributed by atoms with E-state index in [0.717, 1.165) is 49.4 Å². The van der Waals surface area contributed by atoms with E-state index in [1.54, 1.807) is 0 Å². The molecule has 0 fully saturated rings. The van der Waals surface area contributed by atoms with Crippen molar-refractivity contribution in [1.29, 1.82) is 0 Å². The van der Waals surface area contributed by atoms with Crippen molar-refractivity contribution in [3.8, 4) is 11.5 Å². The molecule has 1 aromatic rings. The van der Waals surface area contributed by atoms with Crippen molar-refractivity contribution < 1.29 is 9.47 Å². The zero-order chi connectivity index (χ0) is 14.6. The van der Waals surface area contributed by atoms with Gasteiger partial charge in [-0.15, -0.1) is 6.58 Å². The van der Waals surface area contributed by atoms with Crippen LogP contribution in [0.1, 0.15) is 38.7 Å². The van der Waals surface area contributed by atoms with Gasteiger partial charge in [-0.1, -0.05) is 25.1 Å². The van der Waals surface area contributed by atoms with Crippen LogP contribution >= 0.6 is 0 Å². The van der Waals surface area contributed by atoms with Crippen molar-refractivity contribution in [3.63, 3.8) is 0 Å². The zero-order valence-electron chi connectivity index (χ0n) is 12.8. The third-order valence-electron chi connectivity index (χ3n) is 2.90. The smallest absolute Gasteiger partial charge is 0.165 e. The van der Waals surface area contributed by atoms with Gasteiger partial charge in [-0.05, 0) is 38.8 Å². The van der Waals surface area contributed by atoms with Gasteiger partial charge in [-0.25, -0.2) is 0 Å². The maximum Gasteiger partial charge on any atom is 0.165 e. The Hall–Kier alpha value is -1.48. The Morgan fingerprint density at radius 3 is 2.80 bits per heavy atom. The van der Waals surface area contributed by atoms with E-state index in [1.807, 2.05) is 25.1 Å². The fourth-order valence-corrected chi connectivity index (χ4v) is 1.94. The number of ether oxygens (including phenoxy) is 2. The number of hydrogen-bond acceptors (Lipinski definition) is 3. The van der Waals surface area contributed by atoms with Crippen LogP contribution in [0, 0.1) is 0 Å². The van der Waals surface area contributed by atoms with Gasteiger partial charge in [0, 0.05) is 12.1 Å². The van der Waals surface area contributed by atoms with Crippen molar-refractivity contribution in [3.05, 3.63) is 36.4 Å². The third kappa shape index (κ3) is 5.66. The predicted octanol–water partition coefficient (Wildman–Crippen LogP) is 3.93. The van der Waals surface area contributed by atoms with Crippen molar-refractivity contribution >= 4 is 0 Å². The van der Waals surface area contributed by atoms with Gasteiger partial charge in [0.15, 0.2) is 11.5 Å². The molecule has 0 saturated carbocycles. The molecular formula is C17H27NO2. The zero-order valence-corrected chi connectivity index (χ0v) is 12.8. The predicted molar refractivity (Wildman–Crippen MR) is 84.5 cm³/mol. The molecule has 0 unspecified atom stereocenters. The molecule has 1 aromatic carbocycles. The van der Waals surface area contributed by atoms with E-state index in [0.29, 0.717) is 13.2 Å². The molecule has 0 aliphatic carbocycles. The summed E-state index contributed by atoms with van der Waals surface area (Å²) >= 11 is 0. The first-order chi connectivity index (χ1) is 9.83. The lowest BCUT2D eigenvalue weighted by Gasteiger charge is -2.16. The number of unbranched alkanes of at least 4 members (excludes halogenated alkanes) is 1. The molecule has 0 aliphatic heterocycles. The highest BCUT2D eigenvalue weighted by Crippen LogP contribution is 2.31. The second-order valence-electron chi connectivity index (χ2n) is 4.63. The van der Waals surface area contributed by atoms with Crippen LogP contribution in [-0.4, -0.2) is 19.8 Å². The molecule has 0 radical (unpaired) electrons. The monoisotopic (exact) mass is 277 g/mol. The molecule has 0 spiro atoms. The summed E-state index contributed by atoms with van der Waals surface area (Å²) in [5.41, 5.74) is 1.16. The van der Waals surface area contributed by atoms with Gasteiger partial charge in [0.2, 0.25) is 0 Å². The van der Waals surface area contributed by atoms with Crippen LogP contribution in [0.25, 0.3) is 0 Å². The first-order valence-electron chi connectivity index (χ1n) is 7.52. The summed E-state index contributed by atoms with van der Waals surface area (Å²) in [6.45, 7) is 11.0. The first-order valence-corrected chi connectivity index (χ1v) is 7.52. The Balaban J connectivity index is 2.73. The number of allylic oxidation sites excluding steroid dienone is 1. The summed E-state index contributed by atoms with van der Waals surface area (Å²) in [5.74, 6) is 1.71. The second kappa shape index (κ2) is 10.3. The molecule has 0 heterocycles. The fraction of sp³-hybridized carbons (Fsp3) is 0.529. The lowest BCUT2D eigenvalue weighted by Crippen LogP contribution is -2.15. The summed E-state index contributed by atoms with van der Waals surface area (Å²) in [7, 11) is 0. The molecule has 1 N–H and O–H groups in total. The minimum Gasteiger partial charge on any atom is -0.490 e. The van der Waals surface area contributed by atoms with Crippen LogP contribution in [0.15, 0.2) is 30.9 Å². The summed E-state index contributed by atoms with van der Waals surface area (Å²) in [5, 5.41) is 3.41. The fourth-order valence-electron chi connectivity index (χ4n) is 1.94. The van der Waals surface area contributed by atoms with Gasteiger partial charge in [0.1, 0.15) is 0 Å². The van der Waals surface area contributed by atoms with E-state index in [2.05, 4.69) is 24.9 Å². The second-order valence-corrected chi connectivity index (χ2v) is 4.63. The highest BCUT2D eigenvalue weighted by molar-refractivity contribution is 5.46. The summed E-state index contributed by atoms with van der Waals surface area (Å²) in [6.07, 6.45) is 4.99. The van der Waals surface area contributed by atoms with E-state index in [1.165, 1.54) is 0 Å². The van der Waals surface area contributed by atoms with Crippen molar-refractivity contribution in [2.45, 2.75) is 39.7 Å². The van der Waals surface area contributed by atoms with Crippen LogP contribution in [-0.2, 0) is 6.54 Å². The van der Waals surface area contributed by atoms with Crippen LogP contribution in [0.2, 0.25) is 0 Å². The molecule has 0 aromatic heterocycles. The average Bonchev–Trinajstić information content (AvgIpc) is 2.46. The number of hydrogen-bond donors (Lipinski definition) is 1. The number of benzene rings is 1. The minimum absolute atomic E-state index is 0.648. The van der Waals surface area contributed by atoms with Gasteiger partial charge in [0.05, 0.1) is 13.2 Å². The molecule has 1 rings (SSSR count). The maximum absolute atomic E-state index is 5.94. The third-order valence-corrected chi connectivity index (χ3v) is 2.90. The normalized spacial score (nSPS) is 10.3. The Labute approximate surface area is 123 Å². The topological polar surface area (TPSA) is 30.5 Å². The standard InChI is InChI=1S/C17H27NO2/c1-4-7-8-13-20-17-15(14-18-12-5-2)10-9-11-16(17)19-6-3/h4,9-11,18H,1,5-8,12-14H2,2-3H3. The molecule has 0 aliphatic rings. The molecule has 20 heavy (non-hydrogen) atoms. The van der Waals surface area contributed by atoms with Crippen molar-refractivity contribution in [2.75, 3.05) is 19.8 Å². The molecule has 0 bridgehead atoms. The SMILES string of the molecule is C=CCCCOc1c(CNCCC)cccc1OCC. The van der Waals surface area contributed by atoms with E-state index in [4.69, 9.17) is 9.47 Å². The molecular weight excluding hydrogens is 250 g/mol. The van der Waals surface area contributed by atoms with E-state index in [-0.39, 0.29) is 0 Å². The minimum atomic E-state index is 0.648. The highest BCUT2D eigenvalue weighted by atomic mass is 16.5. The number of rotatable bonds is 11. The lowest BCUT2D eigenvalue weighted by molar-refractivity contribution is 0.271. The molecule has 0 amide bonds. The maximum atomic E-state index is 5.94. The van der Waals surface area contributed by atoms with Gasteiger partial charge in [-0.3, -0.25) is 0 Å². The Morgan fingerprint density at radius 2 is 2.10 bits per heavy atom. The van der Waals surface area contributed by atoms with E-state index < -0.39 is 0 Å². The van der Waals surface area contributed by atoms with Crippen LogP contribution in [0.3, 0.4) is 0 Å². The van der Waals surface area contributed by atoms with E-state index >= 15 is 0 Å². The lowest BCUT2D eigenvalue weighted by atomic mass is 10.1.